The number of aliphatic hydroxyl groups excluding tert-OH is 1. The van der Waals surface area contributed by atoms with Crippen LogP contribution in [0.15, 0.2) is 30.2 Å². The molecule has 0 unspecified atom stereocenters. The normalized spacial score (nSPS) is 21.0. The standard InChI is InChI=1S/C22H32N4O6/c27-11-3-4-12-31-21-14-17(16-5-1-2-6-16)13-19(32-21)22(28)24-10-9-23-20-8-7-18(15-25-20)26(29)30/h7-8,13,15-17,21,27H,1-6,9-12,14H2,(H,23,25)(H,24,28)/t17-,21+/m1/s1. The number of nitrogens with zero attached hydrogens (tertiary/aromatic N) is 2. The largest absolute Gasteiger partial charge is 0.459 e. The van der Waals surface area contributed by atoms with Gasteiger partial charge in [-0.05, 0) is 49.7 Å². The fourth-order valence-corrected chi connectivity index (χ4v) is 4.14. The number of hydrogen-bond donors (Lipinski definition) is 3. The van der Waals surface area contributed by atoms with Crippen molar-refractivity contribution in [3.63, 3.8) is 0 Å². The van der Waals surface area contributed by atoms with Crippen molar-refractivity contribution in [2.24, 2.45) is 11.8 Å². The number of carbonyl (C=O) groups is 1. The van der Waals surface area contributed by atoms with Crippen LogP contribution in [0.4, 0.5) is 11.5 Å². The third-order valence-electron chi connectivity index (χ3n) is 5.85. The highest BCUT2D eigenvalue weighted by molar-refractivity contribution is 5.91. The summed E-state index contributed by atoms with van der Waals surface area (Å²) < 4.78 is 11.7. The SMILES string of the molecule is O=C(NCCNc1ccc([N+](=O)[O-])cn1)C1=C[C@@H](C2CCCC2)C[C@@H](OCCCCO)O1. The van der Waals surface area contributed by atoms with Crippen molar-refractivity contribution >= 4 is 17.4 Å². The van der Waals surface area contributed by atoms with E-state index in [1.807, 2.05) is 6.08 Å². The predicted molar refractivity (Wildman–Crippen MR) is 118 cm³/mol. The number of amides is 1. The van der Waals surface area contributed by atoms with E-state index >= 15 is 0 Å². The van der Waals surface area contributed by atoms with Gasteiger partial charge in [-0.3, -0.25) is 14.9 Å². The van der Waals surface area contributed by atoms with Crippen molar-refractivity contribution in [1.29, 1.82) is 0 Å². The first-order chi connectivity index (χ1) is 15.6. The molecule has 0 spiro atoms. The Labute approximate surface area is 187 Å². The number of unbranched alkanes of at least 4 members (excludes halogenated alkanes) is 1. The molecule has 2 aliphatic rings. The van der Waals surface area contributed by atoms with Crippen LogP contribution in [-0.2, 0) is 14.3 Å². The van der Waals surface area contributed by atoms with E-state index in [1.54, 1.807) is 0 Å². The average molecular weight is 449 g/mol. The van der Waals surface area contributed by atoms with Crippen LogP contribution in [0.1, 0.15) is 44.9 Å². The number of hydrogen-bond acceptors (Lipinski definition) is 8. The summed E-state index contributed by atoms with van der Waals surface area (Å²) in [6.07, 6.45) is 9.63. The molecule has 1 fully saturated rings. The molecule has 10 heteroatoms. The highest BCUT2D eigenvalue weighted by atomic mass is 16.7. The smallest absolute Gasteiger partial charge is 0.287 e. The molecule has 1 aromatic heterocycles. The molecule has 0 saturated heterocycles. The molecule has 0 bridgehead atoms. The Hall–Kier alpha value is -2.72. The van der Waals surface area contributed by atoms with Crippen molar-refractivity contribution in [1.82, 2.24) is 10.3 Å². The Bertz CT molecular complexity index is 779. The van der Waals surface area contributed by atoms with E-state index in [9.17, 15) is 14.9 Å². The topological polar surface area (TPSA) is 136 Å². The summed E-state index contributed by atoms with van der Waals surface area (Å²) in [6.45, 7) is 1.38. The number of pyridine rings is 1. The lowest BCUT2D eigenvalue weighted by molar-refractivity contribution is -0.385. The second-order valence-corrected chi connectivity index (χ2v) is 8.17. The van der Waals surface area contributed by atoms with Crippen molar-refractivity contribution in [3.05, 3.63) is 40.3 Å². The number of carbonyl (C=O) groups excluding carboxylic acids is 1. The summed E-state index contributed by atoms with van der Waals surface area (Å²) in [5.41, 5.74) is -0.0739. The van der Waals surface area contributed by atoms with Gasteiger partial charge in [0, 0.05) is 32.2 Å². The molecular formula is C22H32N4O6. The highest BCUT2D eigenvalue weighted by Crippen LogP contribution is 2.38. The van der Waals surface area contributed by atoms with Crippen molar-refractivity contribution in [2.45, 2.75) is 51.2 Å². The summed E-state index contributed by atoms with van der Waals surface area (Å²) in [7, 11) is 0. The Morgan fingerprint density at radius 2 is 2.09 bits per heavy atom. The lowest BCUT2D eigenvalue weighted by Crippen LogP contribution is -2.36. The lowest BCUT2D eigenvalue weighted by atomic mass is 9.86. The van der Waals surface area contributed by atoms with Crippen molar-refractivity contribution < 1.29 is 24.3 Å². The molecule has 176 valence electrons. The number of aliphatic hydroxyl groups is 1. The summed E-state index contributed by atoms with van der Waals surface area (Å²) >= 11 is 0. The number of nitro groups is 1. The van der Waals surface area contributed by atoms with Gasteiger partial charge in [-0.15, -0.1) is 0 Å². The van der Waals surface area contributed by atoms with E-state index in [1.165, 1.54) is 44.0 Å². The van der Waals surface area contributed by atoms with Gasteiger partial charge in [-0.1, -0.05) is 12.8 Å². The van der Waals surface area contributed by atoms with E-state index in [4.69, 9.17) is 14.6 Å². The van der Waals surface area contributed by atoms with Gasteiger partial charge in [0.2, 0.25) is 6.29 Å². The monoisotopic (exact) mass is 448 g/mol. The third kappa shape index (κ3) is 7.16. The maximum Gasteiger partial charge on any atom is 0.287 e. The number of rotatable bonds is 12. The first-order valence-electron chi connectivity index (χ1n) is 11.3. The molecule has 3 N–H and O–H groups in total. The van der Waals surface area contributed by atoms with Gasteiger partial charge in [0.15, 0.2) is 5.76 Å². The molecule has 10 nitrogen and oxygen atoms in total. The molecule has 0 aromatic carbocycles. The maximum atomic E-state index is 12.7. The molecule has 1 aliphatic heterocycles. The van der Waals surface area contributed by atoms with Gasteiger partial charge in [0.25, 0.3) is 11.6 Å². The van der Waals surface area contributed by atoms with Gasteiger partial charge in [-0.25, -0.2) is 4.98 Å². The van der Waals surface area contributed by atoms with Crippen LogP contribution in [0, 0.1) is 22.0 Å². The van der Waals surface area contributed by atoms with Crippen LogP contribution < -0.4 is 10.6 Å². The molecular weight excluding hydrogens is 416 g/mol. The number of ether oxygens (including phenoxy) is 2. The molecule has 2 atom stereocenters. The predicted octanol–water partition coefficient (Wildman–Crippen LogP) is 2.74. The van der Waals surface area contributed by atoms with Crippen LogP contribution in [0.2, 0.25) is 0 Å². The first-order valence-corrected chi connectivity index (χ1v) is 11.3. The van der Waals surface area contributed by atoms with Gasteiger partial charge in [0.05, 0.1) is 11.5 Å². The van der Waals surface area contributed by atoms with E-state index in [2.05, 4.69) is 15.6 Å². The summed E-state index contributed by atoms with van der Waals surface area (Å²) in [5.74, 6) is 1.33. The minimum absolute atomic E-state index is 0.0739. The van der Waals surface area contributed by atoms with E-state index < -0.39 is 11.2 Å². The van der Waals surface area contributed by atoms with Crippen LogP contribution >= 0.6 is 0 Å². The molecule has 32 heavy (non-hydrogen) atoms. The molecule has 1 amide bonds. The van der Waals surface area contributed by atoms with E-state index in [0.717, 1.165) is 12.8 Å². The number of nitrogens with one attached hydrogen (secondary N) is 2. The zero-order valence-corrected chi connectivity index (χ0v) is 18.2. The molecule has 3 rings (SSSR count). The molecule has 1 aromatic rings. The zero-order chi connectivity index (χ0) is 22.8. The number of anilines is 1. The van der Waals surface area contributed by atoms with Crippen molar-refractivity contribution in [2.75, 3.05) is 31.6 Å². The average Bonchev–Trinajstić information content (AvgIpc) is 3.35. The Kier molecular flexibility index (Phi) is 9.24. The van der Waals surface area contributed by atoms with Crippen LogP contribution in [0.25, 0.3) is 0 Å². The summed E-state index contributed by atoms with van der Waals surface area (Å²) in [5, 5.41) is 25.5. The number of aromatic nitrogens is 1. The third-order valence-corrected chi connectivity index (χ3v) is 5.85. The highest BCUT2D eigenvalue weighted by Gasteiger charge is 2.33. The van der Waals surface area contributed by atoms with Gasteiger partial charge in [0.1, 0.15) is 12.0 Å². The van der Waals surface area contributed by atoms with Gasteiger partial charge >= 0.3 is 0 Å². The lowest BCUT2D eigenvalue weighted by Gasteiger charge is -2.32. The van der Waals surface area contributed by atoms with Gasteiger partial charge < -0.3 is 25.2 Å². The fourth-order valence-electron chi connectivity index (χ4n) is 4.14. The first kappa shape index (κ1) is 23.9. The minimum atomic E-state index is -0.503. The van der Waals surface area contributed by atoms with Crippen LogP contribution in [-0.4, -0.2) is 53.5 Å². The second-order valence-electron chi connectivity index (χ2n) is 8.17. The van der Waals surface area contributed by atoms with E-state index in [0.29, 0.717) is 43.6 Å². The molecule has 2 heterocycles. The maximum absolute atomic E-state index is 12.7. The Balaban J connectivity index is 1.48. The van der Waals surface area contributed by atoms with Crippen LogP contribution in [0.3, 0.4) is 0 Å². The molecule has 1 saturated carbocycles. The number of allylic oxidation sites excluding steroid dienone is 1. The fraction of sp³-hybridized carbons (Fsp3) is 0.636. The summed E-state index contributed by atoms with van der Waals surface area (Å²) in [6, 6.07) is 2.90. The molecule has 1 aliphatic carbocycles. The van der Waals surface area contributed by atoms with Crippen molar-refractivity contribution in [3.8, 4) is 0 Å². The minimum Gasteiger partial charge on any atom is -0.459 e. The van der Waals surface area contributed by atoms with E-state index in [-0.39, 0.29) is 24.1 Å². The second kappa shape index (κ2) is 12.4. The van der Waals surface area contributed by atoms with Crippen LogP contribution in [0.5, 0.6) is 0 Å². The Morgan fingerprint density at radius 1 is 1.28 bits per heavy atom. The quantitative estimate of drug-likeness (QED) is 0.252. The molecule has 0 radical (unpaired) electrons. The Morgan fingerprint density at radius 3 is 2.78 bits per heavy atom. The summed E-state index contributed by atoms with van der Waals surface area (Å²) in [4.78, 5) is 26.9. The van der Waals surface area contributed by atoms with Gasteiger partial charge in [-0.2, -0.15) is 0 Å². The zero-order valence-electron chi connectivity index (χ0n) is 18.2.